The number of alkyl halides is 6. The van der Waals surface area contributed by atoms with Crippen LogP contribution < -0.4 is 0 Å². The average Bonchev–Trinajstić information content (AvgIpc) is 3.70. The van der Waals surface area contributed by atoms with Gasteiger partial charge in [0.25, 0.3) is 0 Å². The van der Waals surface area contributed by atoms with Crippen LogP contribution in [0, 0.1) is 34.0 Å². The molecule has 16 heteroatoms. The van der Waals surface area contributed by atoms with E-state index >= 15 is 0 Å². The summed E-state index contributed by atoms with van der Waals surface area (Å²) in [6.07, 6.45) is 9.54. The quantitative estimate of drug-likeness (QED) is 0.0758. The maximum Gasteiger partial charge on any atom is 0.124 e. The van der Waals surface area contributed by atoms with Crippen molar-refractivity contribution in [3.8, 4) is 0 Å². The van der Waals surface area contributed by atoms with Crippen LogP contribution >= 0.6 is 136 Å². The van der Waals surface area contributed by atoms with Crippen LogP contribution in [0.25, 0.3) is 0 Å². The van der Waals surface area contributed by atoms with Gasteiger partial charge in [-0.25, -0.2) is 0 Å². The van der Waals surface area contributed by atoms with Gasteiger partial charge in [0.05, 0.1) is 52.1 Å². The SMILES string of the molecule is C=C1[C@@H](C)C[C@H](OC)[C@@]1(CC)COC.C=C1[C@@H](C)C[C@H](OC)[C@@]1(CC)COC.C=C1[C@@H](C)C[C@H](OC)[C@@]1(CO)COC.CCC(I)(I)I.CCC(I)I.CCCI.[B].[B].[B]. The highest BCUT2D eigenvalue weighted by Gasteiger charge is 2.50. The third kappa shape index (κ3) is 24.2. The van der Waals surface area contributed by atoms with E-state index in [1.165, 1.54) is 34.8 Å². The molecule has 7 nitrogen and oxygen atoms in total. The van der Waals surface area contributed by atoms with E-state index in [0.29, 0.717) is 23.8 Å². The molecule has 3 aliphatic rings. The van der Waals surface area contributed by atoms with Crippen molar-refractivity contribution in [1.29, 1.82) is 0 Å². The molecule has 3 rings (SSSR count). The minimum absolute atomic E-state index is 0. The zero-order valence-electron chi connectivity index (χ0n) is 39.8. The molecule has 0 aliphatic heterocycles. The second-order valence-electron chi connectivity index (χ2n) is 15.2. The van der Waals surface area contributed by atoms with Gasteiger partial charge in [-0.2, -0.15) is 0 Å². The molecular formula is C44H82B3I6O7. The molecule has 0 unspecified atom stereocenters. The smallest absolute Gasteiger partial charge is 0.124 e. The van der Waals surface area contributed by atoms with Gasteiger partial charge in [0, 0.05) is 78.7 Å². The van der Waals surface area contributed by atoms with Gasteiger partial charge in [0.2, 0.25) is 0 Å². The van der Waals surface area contributed by atoms with Gasteiger partial charge >= 0.3 is 0 Å². The second-order valence-corrected chi connectivity index (χ2v) is 33.4. The summed E-state index contributed by atoms with van der Waals surface area (Å²) in [5, 5.41) is 9.52. The summed E-state index contributed by atoms with van der Waals surface area (Å²) in [6, 6.07) is 0. The first-order valence-corrected chi connectivity index (χ1v) is 27.5. The van der Waals surface area contributed by atoms with Crippen molar-refractivity contribution >= 4 is 161 Å². The Morgan fingerprint density at radius 1 is 0.617 bits per heavy atom. The lowest BCUT2D eigenvalue weighted by Gasteiger charge is -2.34. The van der Waals surface area contributed by atoms with E-state index in [0.717, 1.165) is 52.8 Å². The molecular weight excluding hydrogens is 1430 g/mol. The Morgan fingerprint density at radius 2 is 0.850 bits per heavy atom. The fraction of sp³-hybridized carbons (Fsp3) is 0.864. The van der Waals surface area contributed by atoms with E-state index in [2.05, 4.69) is 211 Å². The molecule has 0 aromatic carbocycles. The van der Waals surface area contributed by atoms with Crippen LogP contribution in [-0.2, 0) is 28.4 Å². The molecule has 351 valence electrons. The van der Waals surface area contributed by atoms with Crippen molar-refractivity contribution in [3.05, 3.63) is 36.5 Å². The fourth-order valence-electron chi connectivity index (χ4n) is 7.82. The van der Waals surface area contributed by atoms with Crippen molar-refractivity contribution in [2.75, 3.05) is 73.5 Å². The first-order chi connectivity index (χ1) is 26.6. The number of rotatable bonds is 15. The Bertz CT molecular complexity index is 982. The molecule has 0 saturated heterocycles. The molecule has 3 fully saturated rings. The summed E-state index contributed by atoms with van der Waals surface area (Å²) in [4.78, 5) is 0. The van der Waals surface area contributed by atoms with Crippen molar-refractivity contribution in [1.82, 2.24) is 0 Å². The summed E-state index contributed by atoms with van der Waals surface area (Å²) >= 11 is 14.4. The first kappa shape index (κ1) is 75.0. The maximum atomic E-state index is 9.52. The maximum absolute atomic E-state index is 9.52. The minimum atomic E-state index is -0.400. The highest BCUT2D eigenvalue weighted by Crippen LogP contribution is 2.51. The third-order valence-electron chi connectivity index (χ3n) is 11.8. The molecule has 60 heavy (non-hydrogen) atoms. The van der Waals surface area contributed by atoms with Gasteiger partial charge in [-0.05, 0) is 73.5 Å². The van der Waals surface area contributed by atoms with E-state index in [4.69, 9.17) is 28.4 Å². The predicted octanol–water partition coefficient (Wildman–Crippen LogP) is 13.1. The van der Waals surface area contributed by atoms with Crippen molar-refractivity contribution in [2.45, 2.75) is 126 Å². The number of hydrogen-bond donors (Lipinski definition) is 1. The Labute approximate surface area is 458 Å². The number of aliphatic hydroxyl groups excluding tert-OH is 1. The van der Waals surface area contributed by atoms with Gasteiger partial charge in [-0.1, -0.05) is 227 Å². The van der Waals surface area contributed by atoms with Gasteiger partial charge in [0.1, 0.15) is -0.565 Å². The van der Waals surface area contributed by atoms with Crippen molar-refractivity contribution in [3.63, 3.8) is 0 Å². The Morgan fingerprint density at radius 3 is 1.02 bits per heavy atom. The Hall–Kier alpha value is 3.51. The molecule has 0 spiro atoms. The molecule has 3 saturated carbocycles. The molecule has 0 aromatic heterocycles. The molecule has 9 radical (unpaired) electrons. The van der Waals surface area contributed by atoms with Crippen molar-refractivity contribution < 1.29 is 33.5 Å². The largest absolute Gasteiger partial charge is 0.395 e. The first-order valence-electron chi connectivity index (χ1n) is 20.3. The van der Waals surface area contributed by atoms with E-state index in [1.54, 1.807) is 42.7 Å². The zero-order chi connectivity index (χ0) is 45.2. The molecule has 0 bridgehead atoms. The van der Waals surface area contributed by atoms with E-state index in [9.17, 15) is 5.11 Å². The van der Waals surface area contributed by atoms with Crippen LogP contribution in [-0.4, -0.2) is 124 Å². The van der Waals surface area contributed by atoms with Crippen LogP contribution in [0.5, 0.6) is 0 Å². The Balaban J connectivity index is -0.000000153. The van der Waals surface area contributed by atoms with Crippen LogP contribution in [0.3, 0.4) is 0 Å². The average molecular weight is 1520 g/mol. The van der Waals surface area contributed by atoms with Gasteiger partial charge in [-0.15, -0.1) is 0 Å². The van der Waals surface area contributed by atoms with Gasteiger partial charge < -0.3 is 33.5 Å². The summed E-state index contributed by atoms with van der Waals surface area (Å²) in [6.45, 7) is 31.9. The number of hydrogen-bond acceptors (Lipinski definition) is 7. The van der Waals surface area contributed by atoms with Gasteiger partial charge in [0.15, 0.2) is 0 Å². The summed E-state index contributed by atoms with van der Waals surface area (Å²) in [7, 11) is 10.4. The van der Waals surface area contributed by atoms with E-state index in [-0.39, 0.29) is 61.0 Å². The zero-order valence-corrected chi connectivity index (χ0v) is 52.7. The third-order valence-corrected chi connectivity index (χ3v) is 16.9. The summed E-state index contributed by atoms with van der Waals surface area (Å²) in [5.41, 5.74) is 3.34. The molecule has 9 atom stereocenters. The lowest BCUT2D eigenvalue weighted by atomic mass is 9.78. The monoisotopic (exact) mass is 1520 g/mol. The highest BCUT2D eigenvalue weighted by molar-refractivity contribution is 14.3. The summed E-state index contributed by atoms with van der Waals surface area (Å²) in [5.74, 6) is 1.49. The van der Waals surface area contributed by atoms with Crippen LogP contribution in [0.15, 0.2) is 36.5 Å². The summed E-state index contributed by atoms with van der Waals surface area (Å²) < 4.78 is 34.9. The fourth-order valence-corrected chi connectivity index (χ4v) is 7.82. The normalized spacial score (nSPS) is 29.0. The topological polar surface area (TPSA) is 75.6 Å². The number of ether oxygens (including phenoxy) is 6. The van der Waals surface area contributed by atoms with Gasteiger partial charge in [-0.3, -0.25) is 0 Å². The second kappa shape index (κ2) is 40.4. The minimum Gasteiger partial charge on any atom is -0.395 e. The van der Waals surface area contributed by atoms with Crippen LogP contribution in [0.4, 0.5) is 0 Å². The Kier molecular flexibility index (Phi) is 50.5. The standard InChI is InChI=1S/2C12H22O2.C11H20O3.C3H5I3.C3H6I2.C3H7I.3B/c2*1-6-12(8-13-4)10(3)9(2)7-11(12)14-5;1-8-5-10(14-4)11(6-12,7-13-3)9(8)2;1-2-3(4,5)6;1-2-3(4)5;1-2-3-4;;;/h2*9,11H,3,6-8H2,1-2,4-5H3;8,10,12H,2,5-7H2,1,3-4H3;2H2,1H3;3H,2H2,1H3;2-3H2,1H3;;;/t2*9-,11-,12-;8-,10-,11-;;;;;;/m000....../s1. The molecule has 3 aliphatic carbocycles. The van der Waals surface area contributed by atoms with Crippen LogP contribution in [0.1, 0.15) is 107 Å². The molecule has 0 amide bonds. The highest BCUT2D eigenvalue weighted by atomic mass is 127. The lowest BCUT2D eigenvalue weighted by Crippen LogP contribution is -2.40. The van der Waals surface area contributed by atoms with E-state index in [1.807, 2.05) is 0 Å². The number of halogens is 6. The van der Waals surface area contributed by atoms with Crippen LogP contribution in [0.2, 0.25) is 0 Å². The number of methoxy groups -OCH3 is 6. The molecule has 1 N–H and O–H groups in total. The molecule has 0 heterocycles. The lowest BCUT2D eigenvalue weighted by molar-refractivity contribution is -0.0453. The number of aliphatic hydroxyl groups is 1. The van der Waals surface area contributed by atoms with Crippen molar-refractivity contribution in [2.24, 2.45) is 34.0 Å². The van der Waals surface area contributed by atoms with E-state index < -0.39 is 5.41 Å². The predicted molar refractivity (Wildman–Crippen MR) is 315 cm³/mol. The molecule has 0 aromatic rings.